The van der Waals surface area contributed by atoms with Crippen molar-refractivity contribution >= 4 is 17.0 Å². The summed E-state index contributed by atoms with van der Waals surface area (Å²) >= 11 is 0. The van der Waals surface area contributed by atoms with E-state index in [1.165, 1.54) is 0 Å². The molecule has 26 heavy (non-hydrogen) atoms. The molecule has 3 aromatic rings. The highest BCUT2D eigenvalue weighted by atomic mass is 16.5. The second-order valence-electron chi connectivity index (χ2n) is 7.30. The molecule has 0 saturated carbocycles. The summed E-state index contributed by atoms with van der Waals surface area (Å²) in [6.07, 6.45) is 2.07. The van der Waals surface area contributed by atoms with E-state index >= 15 is 0 Å². The zero-order valence-electron chi connectivity index (χ0n) is 15.6. The van der Waals surface area contributed by atoms with Crippen LogP contribution in [0, 0.1) is 26.7 Å². The molecule has 6 nitrogen and oxygen atoms in total. The van der Waals surface area contributed by atoms with Gasteiger partial charge >= 0.3 is 0 Å². The Morgan fingerprint density at radius 3 is 2.58 bits per heavy atom. The molecule has 6 heteroatoms. The van der Waals surface area contributed by atoms with Gasteiger partial charge in [-0.15, -0.1) is 0 Å². The molecule has 0 N–H and O–H groups in total. The van der Waals surface area contributed by atoms with Crippen molar-refractivity contribution < 1.29 is 13.7 Å². The highest BCUT2D eigenvalue weighted by Crippen LogP contribution is 2.31. The third-order valence-corrected chi connectivity index (χ3v) is 5.24. The maximum Gasteiger partial charge on any atom is 0.259 e. The van der Waals surface area contributed by atoms with Gasteiger partial charge in [-0.25, -0.2) is 4.98 Å². The van der Waals surface area contributed by atoms with Crippen molar-refractivity contribution in [3.63, 3.8) is 0 Å². The number of aromatic nitrogens is 2. The van der Waals surface area contributed by atoms with Gasteiger partial charge in [0.1, 0.15) is 11.5 Å². The molecule has 1 aliphatic heterocycles. The average Bonchev–Trinajstić information content (AvgIpc) is 3.16. The number of rotatable bonds is 2. The average molecular weight is 353 g/mol. The van der Waals surface area contributed by atoms with Crippen LogP contribution >= 0.6 is 0 Å². The van der Waals surface area contributed by atoms with Crippen molar-refractivity contribution in [1.82, 2.24) is 15.0 Å². The highest BCUT2D eigenvalue weighted by Gasteiger charge is 2.26. The number of hydrogen-bond acceptors (Lipinski definition) is 5. The molecule has 0 spiro atoms. The first-order valence-corrected chi connectivity index (χ1v) is 9.07. The summed E-state index contributed by atoms with van der Waals surface area (Å²) in [5.41, 5.74) is 3.24. The molecule has 0 bridgehead atoms. The van der Waals surface area contributed by atoms with Crippen LogP contribution in [-0.2, 0) is 0 Å². The molecule has 0 aliphatic carbocycles. The van der Waals surface area contributed by atoms with Gasteiger partial charge < -0.3 is 13.8 Å². The third kappa shape index (κ3) is 2.79. The topological polar surface area (TPSA) is 72.4 Å². The molecule has 1 aliphatic rings. The first kappa shape index (κ1) is 16.8. The van der Waals surface area contributed by atoms with E-state index in [0.717, 1.165) is 43.0 Å². The Balaban J connectivity index is 1.83. The largest absolute Gasteiger partial charge is 0.466 e. The van der Waals surface area contributed by atoms with Gasteiger partial charge in [-0.1, -0.05) is 12.1 Å². The zero-order valence-corrected chi connectivity index (χ0v) is 15.6. The number of hydrogen-bond donors (Lipinski definition) is 0. The molecule has 1 fully saturated rings. The predicted molar refractivity (Wildman–Crippen MR) is 98.0 cm³/mol. The van der Waals surface area contributed by atoms with Crippen molar-refractivity contribution in [3.05, 3.63) is 34.9 Å². The number of furan rings is 1. The van der Waals surface area contributed by atoms with E-state index in [1.54, 1.807) is 0 Å². The van der Waals surface area contributed by atoms with Crippen LogP contribution in [0.3, 0.4) is 0 Å². The highest BCUT2D eigenvalue weighted by molar-refractivity contribution is 6.07. The normalized spacial score (nSPS) is 15.8. The van der Waals surface area contributed by atoms with Crippen molar-refractivity contribution in [2.24, 2.45) is 5.92 Å². The van der Waals surface area contributed by atoms with E-state index in [2.05, 4.69) is 17.1 Å². The fraction of sp³-hybridized carbons (Fsp3) is 0.450. The van der Waals surface area contributed by atoms with Crippen LogP contribution in [0.15, 0.2) is 21.1 Å². The quantitative estimate of drug-likeness (QED) is 0.687. The van der Waals surface area contributed by atoms with E-state index in [9.17, 15) is 4.79 Å². The monoisotopic (exact) mass is 353 g/mol. The Kier molecular flexibility index (Phi) is 4.05. The Bertz CT molecular complexity index is 978. The summed E-state index contributed by atoms with van der Waals surface area (Å²) < 4.78 is 11.0. The molecular formula is C20H23N3O3. The minimum atomic E-state index is 0.0229. The number of likely N-dealkylation sites (tertiary alicyclic amines) is 1. The van der Waals surface area contributed by atoms with Crippen molar-refractivity contribution in [3.8, 4) is 11.3 Å². The number of aryl methyl sites for hydroxylation is 3. The van der Waals surface area contributed by atoms with Crippen molar-refractivity contribution in [2.75, 3.05) is 13.1 Å². The minimum Gasteiger partial charge on any atom is -0.466 e. The van der Waals surface area contributed by atoms with Crippen LogP contribution < -0.4 is 0 Å². The van der Waals surface area contributed by atoms with Crippen molar-refractivity contribution in [2.45, 2.75) is 40.5 Å². The van der Waals surface area contributed by atoms with Crippen LogP contribution in [0.2, 0.25) is 0 Å². The van der Waals surface area contributed by atoms with Gasteiger partial charge in [0.2, 0.25) is 0 Å². The number of fused-ring (bicyclic) bond motifs is 1. The van der Waals surface area contributed by atoms with Gasteiger partial charge in [0.05, 0.1) is 22.3 Å². The molecule has 4 rings (SSSR count). The molecule has 0 aromatic carbocycles. The van der Waals surface area contributed by atoms with Gasteiger partial charge in [-0.3, -0.25) is 4.79 Å². The summed E-state index contributed by atoms with van der Waals surface area (Å²) in [5, 5.41) is 4.73. The lowest BCUT2D eigenvalue weighted by atomic mass is 9.98. The fourth-order valence-corrected chi connectivity index (χ4v) is 3.67. The minimum absolute atomic E-state index is 0.0229. The second kappa shape index (κ2) is 6.27. The van der Waals surface area contributed by atoms with Gasteiger partial charge in [-0.05, 0) is 51.7 Å². The van der Waals surface area contributed by atoms with Gasteiger partial charge in [0.25, 0.3) is 11.6 Å². The molecule has 1 saturated heterocycles. The summed E-state index contributed by atoms with van der Waals surface area (Å²) in [7, 11) is 0. The standard InChI is InChI=1S/C20H23N3O3/c1-11-5-7-23(8-6-11)20(24)16-10-17(15-9-12(2)25-14(15)4)21-19-18(16)13(3)22-26-19/h9-11H,5-8H2,1-4H3. The Morgan fingerprint density at radius 2 is 1.92 bits per heavy atom. The van der Waals surface area contributed by atoms with Crippen LogP contribution in [0.1, 0.15) is 47.3 Å². The molecule has 3 aromatic heterocycles. The van der Waals surface area contributed by atoms with Crippen LogP contribution in [0.4, 0.5) is 0 Å². The fourth-order valence-electron chi connectivity index (χ4n) is 3.67. The Labute approximate surface area is 152 Å². The number of piperidine rings is 1. The van der Waals surface area contributed by atoms with E-state index in [0.29, 0.717) is 34.0 Å². The van der Waals surface area contributed by atoms with Crippen LogP contribution in [0.25, 0.3) is 22.4 Å². The maximum atomic E-state index is 13.2. The molecular weight excluding hydrogens is 330 g/mol. The van der Waals surface area contributed by atoms with Gasteiger partial charge in [0.15, 0.2) is 0 Å². The zero-order chi connectivity index (χ0) is 18.4. The predicted octanol–water partition coefficient (Wildman–Crippen LogP) is 4.28. The smallest absolute Gasteiger partial charge is 0.259 e. The first-order chi connectivity index (χ1) is 12.4. The summed E-state index contributed by atoms with van der Waals surface area (Å²) in [4.78, 5) is 19.8. The number of amides is 1. The summed E-state index contributed by atoms with van der Waals surface area (Å²) in [6.45, 7) is 9.44. The van der Waals surface area contributed by atoms with E-state index in [1.807, 2.05) is 37.8 Å². The first-order valence-electron chi connectivity index (χ1n) is 9.07. The van der Waals surface area contributed by atoms with Crippen LogP contribution in [0.5, 0.6) is 0 Å². The summed E-state index contributed by atoms with van der Waals surface area (Å²) in [5.74, 6) is 2.28. The number of carbonyl (C=O) groups excluding carboxylic acids is 1. The molecule has 0 atom stereocenters. The molecule has 4 heterocycles. The SMILES string of the molecule is Cc1cc(-c2cc(C(=O)N3CCC(C)CC3)c3c(C)noc3n2)c(C)o1. The lowest BCUT2D eigenvalue weighted by Crippen LogP contribution is -2.38. The number of nitrogens with zero attached hydrogens (tertiary/aromatic N) is 3. The molecule has 136 valence electrons. The Hall–Kier alpha value is -2.63. The second-order valence-corrected chi connectivity index (χ2v) is 7.30. The number of pyridine rings is 1. The van der Waals surface area contributed by atoms with Crippen molar-refractivity contribution in [1.29, 1.82) is 0 Å². The molecule has 0 unspecified atom stereocenters. The van der Waals surface area contributed by atoms with Crippen LogP contribution in [-0.4, -0.2) is 34.0 Å². The van der Waals surface area contributed by atoms with E-state index < -0.39 is 0 Å². The summed E-state index contributed by atoms with van der Waals surface area (Å²) in [6, 6.07) is 3.79. The van der Waals surface area contributed by atoms with Gasteiger partial charge in [-0.2, -0.15) is 0 Å². The number of carbonyl (C=O) groups is 1. The lowest BCUT2D eigenvalue weighted by Gasteiger charge is -2.30. The van der Waals surface area contributed by atoms with E-state index in [4.69, 9.17) is 8.94 Å². The van der Waals surface area contributed by atoms with E-state index in [-0.39, 0.29) is 5.91 Å². The van der Waals surface area contributed by atoms with Gasteiger partial charge in [0, 0.05) is 18.7 Å². The third-order valence-electron chi connectivity index (χ3n) is 5.24. The molecule has 0 radical (unpaired) electrons. The maximum absolute atomic E-state index is 13.2. The molecule has 1 amide bonds. The Morgan fingerprint density at radius 1 is 1.19 bits per heavy atom. The lowest BCUT2D eigenvalue weighted by molar-refractivity contribution is 0.0699.